The quantitative estimate of drug-likeness (QED) is 0.895. The molecule has 1 aromatic heterocycles. The molecule has 1 aromatic rings. The highest BCUT2D eigenvalue weighted by Gasteiger charge is 2.20. The molecule has 1 saturated heterocycles. The van der Waals surface area contributed by atoms with E-state index in [4.69, 9.17) is 0 Å². The summed E-state index contributed by atoms with van der Waals surface area (Å²) in [5.41, 5.74) is 2.42. The second-order valence-electron chi connectivity index (χ2n) is 5.82. The van der Waals surface area contributed by atoms with Gasteiger partial charge in [0, 0.05) is 50.1 Å². The normalized spacial score (nSPS) is 21.1. The highest BCUT2D eigenvalue weighted by Crippen LogP contribution is 2.18. The molecule has 2 rings (SSSR count). The van der Waals surface area contributed by atoms with Crippen LogP contribution in [0, 0.1) is 0 Å². The van der Waals surface area contributed by atoms with Gasteiger partial charge in [0.25, 0.3) is 0 Å². The van der Waals surface area contributed by atoms with E-state index in [1.54, 1.807) is 0 Å². The fourth-order valence-electron chi connectivity index (χ4n) is 2.35. The first-order chi connectivity index (χ1) is 9.06. The molecule has 0 saturated carbocycles. The zero-order valence-corrected chi connectivity index (χ0v) is 12.6. The highest BCUT2D eigenvalue weighted by molar-refractivity contribution is 5.47. The van der Waals surface area contributed by atoms with Crippen LogP contribution in [0.4, 0.5) is 5.69 Å². The summed E-state index contributed by atoms with van der Waals surface area (Å²) in [6, 6.07) is 5.44. The van der Waals surface area contributed by atoms with Crippen molar-refractivity contribution in [1.29, 1.82) is 0 Å². The Morgan fingerprint density at radius 2 is 2.21 bits per heavy atom. The number of hydrogen-bond acceptors (Lipinski definition) is 4. The van der Waals surface area contributed by atoms with Crippen LogP contribution in [0.2, 0.25) is 0 Å². The van der Waals surface area contributed by atoms with E-state index in [2.05, 4.69) is 60.1 Å². The van der Waals surface area contributed by atoms with E-state index in [9.17, 15) is 0 Å². The smallest absolute Gasteiger partial charge is 0.0562 e. The number of piperazine rings is 1. The largest absolute Gasteiger partial charge is 0.369 e. The minimum absolute atomic E-state index is 0.495. The van der Waals surface area contributed by atoms with Crippen LogP contribution < -0.4 is 10.2 Å². The lowest BCUT2D eigenvalue weighted by Gasteiger charge is -2.39. The lowest BCUT2D eigenvalue weighted by molar-refractivity contribution is 0.234. The number of hydrogen-bond donors (Lipinski definition) is 1. The predicted octanol–water partition coefficient (Wildman–Crippen LogP) is 1.72. The first-order valence-corrected chi connectivity index (χ1v) is 7.19. The zero-order valence-electron chi connectivity index (χ0n) is 12.6. The summed E-state index contributed by atoms with van der Waals surface area (Å²) in [5.74, 6) is 0. The Labute approximate surface area is 116 Å². The molecule has 106 valence electrons. The highest BCUT2D eigenvalue weighted by atomic mass is 15.3. The van der Waals surface area contributed by atoms with Crippen molar-refractivity contribution in [3.05, 3.63) is 24.0 Å². The Hall–Kier alpha value is -1.13. The molecule has 1 fully saturated rings. The number of nitrogens with one attached hydrogen (secondary N) is 1. The number of pyridine rings is 1. The Morgan fingerprint density at radius 3 is 2.89 bits per heavy atom. The lowest BCUT2D eigenvalue weighted by atomic mass is 10.2. The van der Waals surface area contributed by atoms with Crippen molar-refractivity contribution >= 4 is 5.69 Å². The van der Waals surface area contributed by atoms with Gasteiger partial charge in [0.05, 0.1) is 5.69 Å². The number of nitrogens with zero attached hydrogens (tertiary/aromatic N) is 3. The van der Waals surface area contributed by atoms with Gasteiger partial charge in [-0.2, -0.15) is 0 Å². The summed E-state index contributed by atoms with van der Waals surface area (Å²) >= 11 is 0. The van der Waals surface area contributed by atoms with Crippen LogP contribution in [0.3, 0.4) is 0 Å². The summed E-state index contributed by atoms with van der Waals surface area (Å²) in [7, 11) is 2.20. The van der Waals surface area contributed by atoms with Crippen LogP contribution in [-0.2, 0) is 6.54 Å². The molecular weight excluding hydrogens is 236 g/mol. The predicted molar refractivity (Wildman–Crippen MR) is 80.5 cm³/mol. The third kappa shape index (κ3) is 3.91. The first kappa shape index (κ1) is 14.3. The van der Waals surface area contributed by atoms with E-state index in [1.807, 2.05) is 6.20 Å². The molecule has 0 spiro atoms. The average molecular weight is 262 g/mol. The molecule has 0 amide bonds. The minimum Gasteiger partial charge on any atom is -0.369 e. The molecular formula is C15H26N4. The summed E-state index contributed by atoms with van der Waals surface area (Å²) in [6.07, 6.45) is 1.93. The molecule has 1 aliphatic rings. The van der Waals surface area contributed by atoms with Crippen LogP contribution in [-0.4, -0.2) is 48.6 Å². The van der Waals surface area contributed by atoms with E-state index in [-0.39, 0.29) is 0 Å². The number of anilines is 1. The SMILES string of the molecule is CC(C)NCc1cc(N2CCN(C)C(C)C2)ccn1. The third-order valence-electron chi connectivity index (χ3n) is 3.82. The first-order valence-electron chi connectivity index (χ1n) is 7.19. The van der Waals surface area contributed by atoms with Crippen LogP contribution >= 0.6 is 0 Å². The Morgan fingerprint density at radius 1 is 1.42 bits per heavy atom. The van der Waals surface area contributed by atoms with E-state index < -0.39 is 0 Å². The van der Waals surface area contributed by atoms with Gasteiger partial charge in [-0.25, -0.2) is 0 Å². The summed E-state index contributed by atoms with van der Waals surface area (Å²) in [5, 5.41) is 3.42. The average Bonchev–Trinajstić information content (AvgIpc) is 2.40. The van der Waals surface area contributed by atoms with Gasteiger partial charge in [-0.15, -0.1) is 0 Å². The molecule has 1 N–H and O–H groups in total. The van der Waals surface area contributed by atoms with Gasteiger partial charge >= 0.3 is 0 Å². The lowest BCUT2D eigenvalue weighted by Crippen LogP contribution is -2.50. The van der Waals surface area contributed by atoms with Gasteiger partial charge < -0.3 is 15.1 Å². The molecule has 0 bridgehead atoms. The van der Waals surface area contributed by atoms with Gasteiger partial charge in [0.15, 0.2) is 0 Å². The Kier molecular flexibility index (Phi) is 4.77. The molecule has 1 aliphatic heterocycles. The molecule has 2 heterocycles. The van der Waals surface area contributed by atoms with Gasteiger partial charge in [-0.05, 0) is 26.1 Å². The fourth-order valence-corrected chi connectivity index (χ4v) is 2.35. The molecule has 1 atom stereocenters. The van der Waals surface area contributed by atoms with Gasteiger partial charge in [0.1, 0.15) is 0 Å². The van der Waals surface area contributed by atoms with Crippen LogP contribution in [0.15, 0.2) is 18.3 Å². The second-order valence-corrected chi connectivity index (χ2v) is 5.82. The fraction of sp³-hybridized carbons (Fsp3) is 0.667. The standard InChI is InChI=1S/C15H26N4/c1-12(2)17-10-14-9-15(5-6-16-14)19-8-7-18(4)13(3)11-19/h5-6,9,12-13,17H,7-8,10-11H2,1-4H3. The molecule has 0 aliphatic carbocycles. The van der Waals surface area contributed by atoms with E-state index in [0.29, 0.717) is 12.1 Å². The van der Waals surface area contributed by atoms with Crippen molar-refractivity contribution in [2.24, 2.45) is 0 Å². The van der Waals surface area contributed by atoms with Gasteiger partial charge in [-0.3, -0.25) is 4.98 Å². The van der Waals surface area contributed by atoms with E-state index in [0.717, 1.165) is 31.9 Å². The number of aromatic nitrogens is 1. The molecule has 0 radical (unpaired) electrons. The topological polar surface area (TPSA) is 31.4 Å². The third-order valence-corrected chi connectivity index (χ3v) is 3.82. The van der Waals surface area contributed by atoms with Crippen LogP contribution in [0.1, 0.15) is 26.5 Å². The molecule has 4 nitrogen and oxygen atoms in total. The van der Waals surface area contributed by atoms with E-state index >= 15 is 0 Å². The molecule has 0 aromatic carbocycles. The maximum atomic E-state index is 4.44. The van der Waals surface area contributed by atoms with Crippen molar-refractivity contribution in [2.75, 3.05) is 31.6 Å². The van der Waals surface area contributed by atoms with Crippen molar-refractivity contribution in [3.8, 4) is 0 Å². The zero-order chi connectivity index (χ0) is 13.8. The molecule has 1 unspecified atom stereocenters. The van der Waals surface area contributed by atoms with Crippen molar-refractivity contribution in [3.63, 3.8) is 0 Å². The van der Waals surface area contributed by atoms with Crippen LogP contribution in [0.25, 0.3) is 0 Å². The summed E-state index contributed by atoms with van der Waals surface area (Å²) < 4.78 is 0. The van der Waals surface area contributed by atoms with E-state index in [1.165, 1.54) is 5.69 Å². The summed E-state index contributed by atoms with van der Waals surface area (Å²) in [6.45, 7) is 10.8. The maximum absolute atomic E-state index is 4.44. The monoisotopic (exact) mass is 262 g/mol. The van der Waals surface area contributed by atoms with Gasteiger partial charge in [-0.1, -0.05) is 13.8 Å². The van der Waals surface area contributed by atoms with Gasteiger partial charge in [0.2, 0.25) is 0 Å². The Bertz CT molecular complexity index is 405. The number of rotatable bonds is 4. The van der Waals surface area contributed by atoms with Crippen molar-refractivity contribution in [1.82, 2.24) is 15.2 Å². The second kappa shape index (κ2) is 6.35. The number of likely N-dealkylation sites (N-methyl/N-ethyl adjacent to an activating group) is 1. The van der Waals surface area contributed by atoms with Crippen LogP contribution in [0.5, 0.6) is 0 Å². The summed E-state index contributed by atoms with van der Waals surface area (Å²) in [4.78, 5) is 9.32. The van der Waals surface area contributed by atoms with Crippen molar-refractivity contribution in [2.45, 2.75) is 39.4 Å². The minimum atomic E-state index is 0.495. The van der Waals surface area contributed by atoms with Crippen molar-refractivity contribution < 1.29 is 0 Å². The molecule has 4 heteroatoms. The Balaban J connectivity index is 2.02. The molecule has 19 heavy (non-hydrogen) atoms. The maximum Gasteiger partial charge on any atom is 0.0562 e.